The summed E-state index contributed by atoms with van der Waals surface area (Å²) in [6.07, 6.45) is 2.54. The Morgan fingerprint density at radius 2 is 2.31 bits per heavy atom. The van der Waals surface area contributed by atoms with Crippen LogP contribution in [0.1, 0.15) is 23.7 Å². The first-order chi connectivity index (χ1) is 7.60. The third-order valence-electron chi connectivity index (χ3n) is 2.23. The first-order valence-corrected chi connectivity index (χ1v) is 5.98. The topological polar surface area (TPSA) is 45.2 Å². The van der Waals surface area contributed by atoms with Gasteiger partial charge in [0.15, 0.2) is 0 Å². The Labute approximate surface area is 104 Å². The number of hydrogen-bond donors (Lipinski definition) is 1. The van der Waals surface area contributed by atoms with E-state index in [1.807, 2.05) is 6.92 Å². The minimum Gasteiger partial charge on any atom is -0.372 e. The van der Waals surface area contributed by atoms with Crippen LogP contribution in [-0.4, -0.2) is 36.4 Å². The number of nitrogens with zero attached hydrogens (tertiary/aromatic N) is 2. The summed E-state index contributed by atoms with van der Waals surface area (Å²) in [6.45, 7) is 2.80. The van der Waals surface area contributed by atoms with E-state index in [9.17, 15) is 4.79 Å². The van der Waals surface area contributed by atoms with Gasteiger partial charge < -0.3 is 10.2 Å². The molecule has 1 N–H and O–H groups in total. The highest BCUT2D eigenvalue weighted by molar-refractivity contribution is 9.10. The van der Waals surface area contributed by atoms with E-state index in [0.717, 1.165) is 23.3 Å². The fourth-order valence-corrected chi connectivity index (χ4v) is 1.94. The van der Waals surface area contributed by atoms with E-state index < -0.39 is 0 Å². The van der Waals surface area contributed by atoms with Crippen LogP contribution in [0.2, 0.25) is 0 Å². The van der Waals surface area contributed by atoms with E-state index >= 15 is 0 Å². The molecular weight excluding hydrogens is 270 g/mol. The molecule has 0 saturated heterocycles. The van der Waals surface area contributed by atoms with Gasteiger partial charge in [0.2, 0.25) is 0 Å². The number of carbonyl (C=O) groups excluding carboxylic acids is 1. The molecule has 0 spiro atoms. The Hall–Kier alpha value is -1.10. The molecule has 0 radical (unpaired) electrons. The average Bonchev–Trinajstić information content (AvgIpc) is 2.28. The van der Waals surface area contributed by atoms with E-state index in [1.54, 1.807) is 31.3 Å². The normalized spacial score (nSPS) is 10.0. The lowest BCUT2D eigenvalue weighted by Gasteiger charge is -2.16. The van der Waals surface area contributed by atoms with Gasteiger partial charge in [-0.2, -0.15) is 0 Å². The Balaban J connectivity index is 2.88. The van der Waals surface area contributed by atoms with Crippen molar-refractivity contribution >= 4 is 27.7 Å². The van der Waals surface area contributed by atoms with E-state index in [1.165, 1.54) is 0 Å². The summed E-state index contributed by atoms with van der Waals surface area (Å²) in [4.78, 5) is 17.8. The molecule has 0 unspecified atom stereocenters. The quantitative estimate of drug-likeness (QED) is 0.924. The van der Waals surface area contributed by atoms with Gasteiger partial charge in [-0.3, -0.25) is 4.79 Å². The molecule has 0 aromatic carbocycles. The third kappa shape index (κ3) is 2.95. The zero-order valence-corrected chi connectivity index (χ0v) is 11.3. The SMILES string of the molecule is CCCN(C)C(=O)c1cnc(NC)c(Br)c1. The molecule has 0 bridgehead atoms. The van der Waals surface area contributed by atoms with E-state index in [-0.39, 0.29) is 5.91 Å². The minimum absolute atomic E-state index is 0.00213. The van der Waals surface area contributed by atoms with Crippen molar-refractivity contribution in [2.75, 3.05) is 26.0 Å². The lowest BCUT2D eigenvalue weighted by Crippen LogP contribution is -2.27. The second-order valence-electron chi connectivity index (χ2n) is 3.53. The number of amides is 1. The maximum atomic E-state index is 11.9. The molecule has 0 aliphatic rings. The molecule has 0 aliphatic heterocycles. The molecule has 1 rings (SSSR count). The van der Waals surface area contributed by atoms with Gasteiger partial charge in [0.05, 0.1) is 10.0 Å². The first kappa shape index (κ1) is 13.0. The van der Waals surface area contributed by atoms with Crippen molar-refractivity contribution in [1.82, 2.24) is 9.88 Å². The summed E-state index contributed by atoms with van der Waals surface area (Å²) >= 11 is 3.37. The van der Waals surface area contributed by atoms with Crippen molar-refractivity contribution in [3.8, 4) is 0 Å². The van der Waals surface area contributed by atoms with Gasteiger partial charge in [0.1, 0.15) is 5.82 Å². The van der Waals surface area contributed by atoms with Crippen molar-refractivity contribution < 1.29 is 4.79 Å². The minimum atomic E-state index is -0.00213. The van der Waals surface area contributed by atoms with E-state index in [0.29, 0.717) is 5.56 Å². The fourth-order valence-electron chi connectivity index (χ4n) is 1.40. The molecule has 0 aliphatic carbocycles. The monoisotopic (exact) mass is 285 g/mol. The van der Waals surface area contributed by atoms with Crippen LogP contribution in [-0.2, 0) is 0 Å². The molecular formula is C11H16BrN3O. The smallest absolute Gasteiger partial charge is 0.255 e. The van der Waals surface area contributed by atoms with E-state index in [4.69, 9.17) is 0 Å². The van der Waals surface area contributed by atoms with Gasteiger partial charge in [-0.1, -0.05) is 6.92 Å². The van der Waals surface area contributed by atoms with Gasteiger partial charge in [-0.15, -0.1) is 0 Å². The standard InChI is InChI=1S/C11H16BrN3O/c1-4-5-15(3)11(16)8-6-9(12)10(13-2)14-7-8/h6-7H,4-5H2,1-3H3,(H,13,14). The number of nitrogens with one attached hydrogen (secondary N) is 1. The molecule has 16 heavy (non-hydrogen) atoms. The maximum absolute atomic E-state index is 11.9. The molecule has 5 heteroatoms. The molecule has 0 fully saturated rings. The summed E-state index contributed by atoms with van der Waals surface area (Å²) in [6, 6.07) is 1.79. The van der Waals surface area contributed by atoms with Crippen molar-refractivity contribution in [3.05, 3.63) is 22.3 Å². The highest BCUT2D eigenvalue weighted by Gasteiger charge is 2.12. The molecule has 0 saturated carbocycles. The Morgan fingerprint density at radius 3 is 2.81 bits per heavy atom. The summed E-state index contributed by atoms with van der Waals surface area (Å²) in [5, 5.41) is 2.93. The van der Waals surface area contributed by atoms with Crippen LogP contribution < -0.4 is 5.32 Å². The molecule has 1 amide bonds. The van der Waals surface area contributed by atoms with Crippen LogP contribution in [0.5, 0.6) is 0 Å². The number of aromatic nitrogens is 1. The van der Waals surface area contributed by atoms with Gasteiger partial charge >= 0.3 is 0 Å². The highest BCUT2D eigenvalue weighted by atomic mass is 79.9. The van der Waals surface area contributed by atoms with Crippen LogP contribution in [0.3, 0.4) is 0 Å². The predicted octanol–water partition coefficient (Wildman–Crippen LogP) is 2.37. The molecule has 1 aromatic rings. The second kappa shape index (κ2) is 5.84. The van der Waals surface area contributed by atoms with Crippen LogP contribution >= 0.6 is 15.9 Å². The number of halogens is 1. The summed E-state index contributed by atoms with van der Waals surface area (Å²) < 4.78 is 0.797. The summed E-state index contributed by atoms with van der Waals surface area (Å²) in [5.41, 5.74) is 0.599. The zero-order valence-electron chi connectivity index (χ0n) is 9.75. The van der Waals surface area contributed by atoms with Gasteiger partial charge in [-0.05, 0) is 28.4 Å². The fraction of sp³-hybridized carbons (Fsp3) is 0.455. The number of pyridine rings is 1. The van der Waals surface area contributed by atoms with Crippen LogP contribution in [0.25, 0.3) is 0 Å². The number of carbonyl (C=O) groups is 1. The largest absolute Gasteiger partial charge is 0.372 e. The lowest BCUT2D eigenvalue weighted by molar-refractivity contribution is 0.0794. The zero-order chi connectivity index (χ0) is 12.1. The van der Waals surface area contributed by atoms with Crippen LogP contribution in [0, 0.1) is 0 Å². The maximum Gasteiger partial charge on any atom is 0.255 e. The van der Waals surface area contributed by atoms with Crippen LogP contribution in [0.4, 0.5) is 5.82 Å². The van der Waals surface area contributed by atoms with Crippen molar-refractivity contribution in [1.29, 1.82) is 0 Å². The van der Waals surface area contributed by atoms with Gasteiger partial charge in [-0.25, -0.2) is 4.98 Å². The lowest BCUT2D eigenvalue weighted by atomic mass is 10.2. The Bertz CT molecular complexity index is 381. The Kier molecular flexibility index (Phi) is 4.73. The van der Waals surface area contributed by atoms with Gasteiger partial charge in [0, 0.05) is 26.8 Å². The Morgan fingerprint density at radius 1 is 1.62 bits per heavy atom. The molecule has 4 nitrogen and oxygen atoms in total. The van der Waals surface area contributed by atoms with Gasteiger partial charge in [0.25, 0.3) is 5.91 Å². The third-order valence-corrected chi connectivity index (χ3v) is 2.84. The molecule has 1 heterocycles. The molecule has 0 atom stereocenters. The van der Waals surface area contributed by atoms with E-state index in [2.05, 4.69) is 26.2 Å². The first-order valence-electron chi connectivity index (χ1n) is 5.19. The molecule has 88 valence electrons. The highest BCUT2D eigenvalue weighted by Crippen LogP contribution is 2.20. The number of anilines is 1. The second-order valence-corrected chi connectivity index (χ2v) is 4.39. The average molecular weight is 286 g/mol. The van der Waals surface area contributed by atoms with Crippen molar-refractivity contribution in [2.24, 2.45) is 0 Å². The van der Waals surface area contributed by atoms with Crippen molar-refractivity contribution in [3.63, 3.8) is 0 Å². The summed E-state index contributed by atoms with van der Waals surface area (Å²) in [5.74, 6) is 0.729. The number of rotatable bonds is 4. The van der Waals surface area contributed by atoms with Crippen LogP contribution in [0.15, 0.2) is 16.7 Å². The predicted molar refractivity (Wildman–Crippen MR) is 68.7 cm³/mol. The molecule has 1 aromatic heterocycles. The number of hydrogen-bond acceptors (Lipinski definition) is 3. The summed E-state index contributed by atoms with van der Waals surface area (Å²) in [7, 11) is 3.59. The van der Waals surface area contributed by atoms with Crippen molar-refractivity contribution in [2.45, 2.75) is 13.3 Å².